The maximum Gasteiger partial charge on any atom is 0.240 e. The molecule has 0 saturated heterocycles. The molecule has 17 heavy (non-hydrogen) atoms. The van der Waals surface area contributed by atoms with Gasteiger partial charge in [-0.05, 0) is 19.3 Å². The van der Waals surface area contributed by atoms with E-state index in [4.69, 9.17) is 4.74 Å². The van der Waals surface area contributed by atoms with E-state index in [9.17, 15) is 10.1 Å². The number of amides is 1. The highest BCUT2D eigenvalue weighted by atomic mass is 16.5. The van der Waals surface area contributed by atoms with E-state index in [1.54, 1.807) is 7.11 Å². The molecule has 0 unspecified atom stereocenters. The van der Waals surface area contributed by atoms with Crippen LogP contribution in [0.1, 0.15) is 46.0 Å². The smallest absolute Gasteiger partial charge is 0.240 e. The summed E-state index contributed by atoms with van der Waals surface area (Å²) in [6.07, 6.45) is 3.74. The largest absolute Gasteiger partial charge is 0.385 e. The van der Waals surface area contributed by atoms with Gasteiger partial charge in [-0.25, -0.2) is 0 Å². The first kappa shape index (κ1) is 15.9. The molecule has 1 amide bonds. The van der Waals surface area contributed by atoms with Crippen LogP contribution < -0.4 is 5.32 Å². The van der Waals surface area contributed by atoms with Crippen molar-refractivity contribution in [3.05, 3.63) is 0 Å². The molecule has 1 N–H and O–H groups in total. The quantitative estimate of drug-likeness (QED) is 0.629. The molecule has 0 rings (SSSR count). The number of nitriles is 1. The zero-order valence-corrected chi connectivity index (χ0v) is 11.2. The average Bonchev–Trinajstić information content (AvgIpc) is 2.34. The van der Waals surface area contributed by atoms with Crippen LogP contribution in [-0.2, 0) is 9.53 Å². The van der Waals surface area contributed by atoms with E-state index in [-0.39, 0.29) is 5.91 Å². The van der Waals surface area contributed by atoms with Crippen LogP contribution in [0.4, 0.5) is 0 Å². The molecule has 0 aliphatic carbocycles. The summed E-state index contributed by atoms with van der Waals surface area (Å²) < 4.78 is 4.91. The predicted molar refractivity (Wildman–Crippen MR) is 67.4 cm³/mol. The summed E-state index contributed by atoms with van der Waals surface area (Å²) in [5.74, 6) is -0.125. The number of nitrogens with zero attached hydrogens (tertiary/aromatic N) is 1. The van der Waals surface area contributed by atoms with E-state index in [0.29, 0.717) is 26.0 Å². The Morgan fingerprint density at radius 2 is 1.94 bits per heavy atom. The van der Waals surface area contributed by atoms with Crippen molar-refractivity contribution in [1.29, 1.82) is 5.26 Å². The second-order valence-electron chi connectivity index (χ2n) is 4.30. The maximum absolute atomic E-state index is 12.1. The molecule has 0 aromatic rings. The number of ether oxygens (including phenoxy) is 1. The van der Waals surface area contributed by atoms with Crippen molar-refractivity contribution in [2.24, 2.45) is 5.41 Å². The summed E-state index contributed by atoms with van der Waals surface area (Å²) >= 11 is 0. The molecule has 0 radical (unpaired) electrons. The van der Waals surface area contributed by atoms with E-state index in [2.05, 4.69) is 11.4 Å². The van der Waals surface area contributed by atoms with Crippen molar-refractivity contribution >= 4 is 5.91 Å². The summed E-state index contributed by atoms with van der Waals surface area (Å²) in [5.41, 5.74) is -0.837. The van der Waals surface area contributed by atoms with Crippen molar-refractivity contribution in [3.8, 4) is 6.07 Å². The monoisotopic (exact) mass is 240 g/mol. The lowest BCUT2D eigenvalue weighted by molar-refractivity contribution is -0.128. The van der Waals surface area contributed by atoms with E-state index < -0.39 is 5.41 Å². The Kier molecular flexibility index (Phi) is 8.43. The molecule has 0 fully saturated rings. The molecular formula is C13H24N2O2. The number of hydrogen-bond donors (Lipinski definition) is 1. The lowest BCUT2D eigenvalue weighted by Gasteiger charge is -2.24. The van der Waals surface area contributed by atoms with E-state index in [1.807, 2.05) is 13.8 Å². The van der Waals surface area contributed by atoms with Gasteiger partial charge in [-0.1, -0.05) is 26.7 Å². The molecule has 98 valence electrons. The highest BCUT2D eigenvalue weighted by Gasteiger charge is 2.36. The molecule has 0 aliphatic rings. The van der Waals surface area contributed by atoms with Gasteiger partial charge in [0.2, 0.25) is 5.91 Å². The molecule has 0 atom stereocenters. The van der Waals surface area contributed by atoms with Crippen LogP contribution in [0.2, 0.25) is 0 Å². The molecule has 0 saturated carbocycles. The lowest BCUT2D eigenvalue weighted by Crippen LogP contribution is -2.40. The van der Waals surface area contributed by atoms with E-state index in [1.165, 1.54) is 0 Å². The third-order valence-electron chi connectivity index (χ3n) is 2.81. The third kappa shape index (κ3) is 5.18. The molecule has 0 aliphatic heterocycles. The minimum absolute atomic E-state index is 0.125. The van der Waals surface area contributed by atoms with Crippen molar-refractivity contribution in [1.82, 2.24) is 5.32 Å². The van der Waals surface area contributed by atoms with Gasteiger partial charge in [-0.3, -0.25) is 4.79 Å². The molecule has 0 aromatic carbocycles. The Hall–Kier alpha value is -1.08. The molecule has 0 aromatic heterocycles. The van der Waals surface area contributed by atoms with Gasteiger partial charge in [-0.15, -0.1) is 0 Å². The molecule has 0 bridgehead atoms. The summed E-state index contributed by atoms with van der Waals surface area (Å²) in [7, 11) is 1.63. The van der Waals surface area contributed by atoms with Crippen molar-refractivity contribution in [3.63, 3.8) is 0 Å². The highest BCUT2D eigenvalue weighted by molar-refractivity contribution is 5.85. The third-order valence-corrected chi connectivity index (χ3v) is 2.81. The second-order valence-corrected chi connectivity index (χ2v) is 4.30. The van der Waals surface area contributed by atoms with Gasteiger partial charge in [0.25, 0.3) is 0 Å². The van der Waals surface area contributed by atoms with Crippen LogP contribution in [0.3, 0.4) is 0 Å². The number of nitrogens with one attached hydrogen (secondary N) is 1. The van der Waals surface area contributed by atoms with Crippen LogP contribution in [0.25, 0.3) is 0 Å². The first-order valence-corrected chi connectivity index (χ1v) is 6.35. The van der Waals surface area contributed by atoms with Gasteiger partial charge in [0.1, 0.15) is 5.41 Å². The van der Waals surface area contributed by atoms with Gasteiger partial charge < -0.3 is 10.1 Å². The SMILES string of the molecule is CCCC(C#N)(CCC)C(=O)NCCCOC. The number of methoxy groups -OCH3 is 1. The first-order chi connectivity index (χ1) is 8.16. The summed E-state index contributed by atoms with van der Waals surface area (Å²) in [4.78, 5) is 12.1. The topological polar surface area (TPSA) is 62.1 Å². The van der Waals surface area contributed by atoms with Gasteiger partial charge in [0.15, 0.2) is 0 Å². The fourth-order valence-electron chi connectivity index (χ4n) is 1.96. The Morgan fingerprint density at radius 3 is 2.35 bits per heavy atom. The molecule has 0 heterocycles. The minimum Gasteiger partial charge on any atom is -0.385 e. The van der Waals surface area contributed by atoms with Crippen LogP contribution in [0.15, 0.2) is 0 Å². The number of rotatable bonds is 9. The van der Waals surface area contributed by atoms with Crippen molar-refractivity contribution in [2.75, 3.05) is 20.3 Å². The zero-order chi connectivity index (χ0) is 13.1. The van der Waals surface area contributed by atoms with Crippen LogP contribution in [0.5, 0.6) is 0 Å². The summed E-state index contributed by atoms with van der Waals surface area (Å²) in [6, 6.07) is 2.21. The Morgan fingerprint density at radius 1 is 1.35 bits per heavy atom. The highest BCUT2D eigenvalue weighted by Crippen LogP contribution is 2.29. The van der Waals surface area contributed by atoms with Gasteiger partial charge in [-0.2, -0.15) is 5.26 Å². The normalized spacial score (nSPS) is 10.9. The van der Waals surface area contributed by atoms with Gasteiger partial charge in [0, 0.05) is 20.3 Å². The van der Waals surface area contributed by atoms with Crippen LogP contribution >= 0.6 is 0 Å². The summed E-state index contributed by atoms with van der Waals surface area (Å²) in [5, 5.41) is 12.1. The zero-order valence-electron chi connectivity index (χ0n) is 11.2. The Labute approximate surface area is 104 Å². The molecule has 0 spiro atoms. The fraction of sp³-hybridized carbons (Fsp3) is 0.846. The standard InChI is InChI=1S/C13H24N2O2/c1-4-7-13(11-14,8-5-2)12(16)15-9-6-10-17-3/h4-10H2,1-3H3,(H,15,16). The summed E-state index contributed by atoms with van der Waals surface area (Å²) in [6.45, 7) is 5.20. The number of hydrogen-bond acceptors (Lipinski definition) is 3. The maximum atomic E-state index is 12.1. The van der Waals surface area contributed by atoms with Crippen molar-refractivity contribution < 1.29 is 9.53 Å². The average molecular weight is 240 g/mol. The van der Waals surface area contributed by atoms with E-state index in [0.717, 1.165) is 19.3 Å². The predicted octanol–water partition coefficient (Wildman–Crippen LogP) is 2.25. The lowest BCUT2D eigenvalue weighted by atomic mass is 9.80. The minimum atomic E-state index is -0.837. The van der Waals surface area contributed by atoms with Crippen molar-refractivity contribution in [2.45, 2.75) is 46.0 Å². The second kappa shape index (κ2) is 9.00. The van der Waals surface area contributed by atoms with E-state index >= 15 is 0 Å². The van der Waals surface area contributed by atoms with Gasteiger partial charge in [0.05, 0.1) is 6.07 Å². The van der Waals surface area contributed by atoms with Crippen LogP contribution in [-0.4, -0.2) is 26.2 Å². The Bertz CT molecular complexity index is 253. The van der Waals surface area contributed by atoms with Crippen LogP contribution in [0, 0.1) is 16.7 Å². The first-order valence-electron chi connectivity index (χ1n) is 6.35. The Balaban J connectivity index is 4.37. The van der Waals surface area contributed by atoms with Gasteiger partial charge >= 0.3 is 0 Å². The molecular weight excluding hydrogens is 216 g/mol. The number of carbonyl (C=O) groups is 1. The molecule has 4 nitrogen and oxygen atoms in total. The fourth-order valence-corrected chi connectivity index (χ4v) is 1.96. The molecule has 4 heteroatoms. The number of carbonyl (C=O) groups excluding carboxylic acids is 1.